The van der Waals surface area contributed by atoms with Crippen LogP contribution in [0.15, 0.2) is 47.3 Å². The molecule has 1 aromatic heterocycles. The summed E-state index contributed by atoms with van der Waals surface area (Å²) in [6.07, 6.45) is -0.0488. The first-order chi connectivity index (χ1) is 13.9. The van der Waals surface area contributed by atoms with Gasteiger partial charge in [0.2, 0.25) is 5.91 Å². The van der Waals surface area contributed by atoms with Crippen molar-refractivity contribution in [2.45, 2.75) is 19.6 Å². The molecule has 0 saturated heterocycles. The number of anilines is 1. The number of amides is 1. The standard InChI is InChI=1S/C19H17F2N3O4S/c1-27-14-7-6-11(10-15(14)28-18(20)21)22-16(25)8-9-24-17(26)12-4-2-3-5-13(12)23-19(24)29/h2-7,10,18H,8-9H2,1H3,(H,22,25)(H,23,29). The molecule has 0 unspecified atom stereocenters. The third-order valence-electron chi connectivity index (χ3n) is 4.12. The second-order valence-electron chi connectivity index (χ2n) is 5.97. The highest BCUT2D eigenvalue weighted by molar-refractivity contribution is 7.71. The number of hydrogen-bond acceptors (Lipinski definition) is 5. The second kappa shape index (κ2) is 8.82. The molecule has 0 spiro atoms. The zero-order valence-corrected chi connectivity index (χ0v) is 16.1. The van der Waals surface area contributed by atoms with E-state index in [9.17, 15) is 18.4 Å². The maximum absolute atomic E-state index is 12.6. The molecule has 0 aliphatic rings. The smallest absolute Gasteiger partial charge is 0.387 e. The van der Waals surface area contributed by atoms with E-state index in [4.69, 9.17) is 17.0 Å². The van der Waals surface area contributed by atoms with Crippen LogP contribution in [0.1, 0.15) is 6.42 Å². The highest BCUT2D eigenvalue weighted by Gasteiger charge is 2.13. The fraction of sp³-hybridized carbons (Fsp3) is 0.211. The van der Waals surface area contributed by atoms with Crippen molar-refractivity contribution in [2.24, 2.45) is 0 Å². The summed E-state index contributed by atoms with van der Waals surface area (Å²) in [6.45, 7) is -2.97. The Morgan fingerprint density at radius 2 is 2.00 bits per heavy atom. The van der Waals surface area contributed by atoms with Crippen LogP contribution in [0.25, 0.3) is 10.9 Å². The van der Waals surface area contributed by atoms with Gasteiger partial charge in [-0.05, 0) is 36.5 Å². The van der Waals surface area contributed by atoms with E-state index in [0.29, 0.717) is 10.9 Å². The summed E-state index contributed by atoms with van der Waals surface area (Å²) in [5, 5.41) is 3.04. The quantitative estimate of drug-likeness (QED) is 0.569. The van der Waals surface area contributed by atoms with Gasteiger partial charge in [-0.15, -0.1) is 0 Å². The molecule has 10 heteroatoms. The topological polar surface area (TPSA) is 85.4 Å². The number of methoxy groups -OCH3 is 1. The molecular formula is C19H17F2N3O4S. The van der Waals surface area contributed by atoms with Crippen molar-refractivity contribution >= 4 is 34.7 Å². The number of carbonyl (C=O) groups excluding carboxylic acids is 1. The Balaban J connectivity index is 1.73. The van der Waals surface area contributed by atoms with E-state index < -0.39 is 12.5 Å². The summed E-state index contributed by atoms with van der Waals surface area (Å²) in [7, 11) is 1.32. The van der Waals surface area contributed by atoms with Gasteiger partial charge in [-0.1, -0.05) is 12.1 Å². The van der Waals surface area contributed by atoms with Crippen LogP contribution in [0.5, 0.6) is 11.5 Å². The number of fused-ring (bicyclic) bond motifs is 1. The minimum atomic E-state index is -3.03. The van der Waals surface area contributed by atoms with Crippen molar-refractivity contribution in [3.8, 4) is 11.5 Å². The number of nitrogens with one attached hydrogen (secondary N) is 2. The van der Waals surface area contributed by atoms with Crippen molar-refractivity contribution in [3.05, 3.63) is 57.6 Å². The molecular weight excluding hydrogens is 404 g/mol. The third-order valence-corrected chi connectivity index (χ3v) is 4.44. The average molecular weight is 421 g/mol. The van der Waals surface area contributed by atoms with E-state index in [0.717, 1.165) is 0 Å². The lowest BCUT2D eigenvalue weighted by Gasteiger charge is -2.12. The number of benzene rings is 2. The Morgan fingerprint density at radius 1 is 1.24 bits per heavy atom. The van der Waals surface area contributed by atoms with Crippen molar-refractivity contribution in [2.75, 3.05) is 12.4 Å². The molecule has 152 valence electrons. The highest BCUT2D eigenvalue weighted by Crippen LogP contribution is 2.31. The maximum atomic E-state index is 12.6. The fourth-order valence-corrected chi connectivity index (χ4v) is 3.07. The number of aromatic amines is 1. The van der Waals surface area contributed by atoms with Crippen LogP contribution >= 0.6 is 12.2 Å². The molecule has 7 nitrogen and oxygen atoms in total. The van der Waals surface area contributed by atoms with Crippen molar-refractivity contribution in [1.82, 2.24) is 9.55 Å². The van der Waals surface area contributed by atoms with E-state index in [2.05, 4.69) is 15.0 Å². The number of halogens is 2. The summed E-state index contributed by atoms with van der Waals surface area (Å²) >= 11 is 5.21. The van der Waals surface area contributed by atoms with Crippen LogP contribution < -0.4 is 20.3 Å². The Kier molecular flexibility index (Phi) is 6.23. The number of para-hydroxylation sites is 1. The van der Waals surface area contributed by atoms with Crippen LogP contribution in [0.3, 0.4) is 0 Å². The van der Waals surface area contributed by atoms with E-state index >= 15 is 0 Å². The first-order valence-corrected chi connectivity index (χ1v) is 8.94. The van der Waals surface area contributed by atoms with Crippen LogP contribution in [-0.4, -0.2) is 29.2 Å². The highest BCUT2D eigenvalue weighted by atomic mass is 32.1. The molecule has 2 aromatic carbocycles. The number of rotatable bonds is 7. The third kappa shape index (κ3) is 4.77. The van der Waals surface area contributed by atoms with Crippen LogP contribution in [0.4, 0.5) is 14.5 Å². The van der Waals surface area contributed by atoms with Crippen molar-refractivity contribution < 1.29 is 23.0 Å². The molecule has 1 heterocycles. The van der Waals surface area contributed by atoms with E-state index in [1.165, 1.54) is 29.9 Å². The van der Waals surface area contributed by atoms with Gasteiger partial charge in [0.1, 0.15) is 0 Å². The lowest BCUT2D eigenvalue weighted by molar-refractivity contribution is -0.116. The average Bonchev–Trinajstić information content (AvgIpc) is 2.67. The lowest BCUT2D eigenvalue weighted by Crippen LogP contribution is -2.25. The summed E-state index contributed by atoms with van der Waals surface area (Å²) < 4.78 is 35.9. The molecule has 2 N–H and O–H groups in total. The number of hydrogen-bond donors (Lipinski definition) is 2. The molecule has 0 fully saturated rings. The van der Waals surface area contributed by atoms with Crippen LogP contribution in [0, 0.1) is 4.77 Å². The number of carbonyl (C=O) groups is 1. The first kappa shape index (κ1) is 20.5. The lowest BCUT2D eigenvalue weighted by atomic mass is 10.2. The van der Waals surface area contributed by atoms with E-state index in [1.807, 2.05) is 0 Å². The van der Waals surface area contributed by atoms with Gasteiger partial charge < -0.3 is 19.8 Å². The minimum absolute atomic E-state index is 0.0488. The van der Waals surface area contributed by atoms with Gasteiger partial charge >= 0.3 is 6.61 Å². The summed E-state index contributed by atoms with van der Waals surface area (Å²) in [6, 6.07) is 11.1. The molecule has 0 bridgehead atoms. The Morgan fingerprint density at radius 3 is 2.72 bits per heavy atom. The Labute approximate surface area is 168 Å². The zero-order valence-electron chi connectivity index (χ0n) is 15.3. The summed E-state index contributed by atoms with van der Waals surface area (Å²) in [5.41, 5.74) is 0.574. The number of alkyl halides is 2. The predicted molar refractivity (Wildman–Crippen MR) is 106 cm³/mol. The maximum Gasteiger partial charge on any atom is 0.387 e. The molecule has 0 atom stereocenters. The van der Waals surface area contributed by atoms with Crippen LogP contribution in [-0.2, 0) is 11.3 Å². The van der Waals surface area contributed by atoms with Crippen molar-refractivity contribution in [3.63, 3.8) is 0 Å². The molecule has 0 aliphatic carbocycles. The largest absolute Gasteiger partial charge is 0.493 e. The fourth-order valence-electron chi connectivity index (χ4n) is 2.78. The number of H-pyrrole nitrogens is 1. The number of nitrogens with zero attached hydrogens (tertiary/aromatic N) is 1. The zero-order chi connectivity index (χ0) is 21.0. The Hall–Kier alpha value is -3.27. The second-order valence-corrected chi connectivity index (χ2v) is 6.36. The van der Waals surface area contributed by atoms with Gasteiger partial charge in [-0.2, -0.15) is 8.78 Å². The van der Waals surface area contributed by atoms with Gasteiger partial charge in [-0.3, -0.25) is 14.2 Å². The van der Waals surface area contributed by atoms with Gasteiger partial charge in [0.15, 0.2) is 16.3 Å². The molecule has 3 rings (SSSR count). The van der Waals surface area contributed by atoms with Crippen molar-refractivity contribution in [1.29, 1.82) is 0 Å². The Bertz CT molecular complexity index is 1160. The van der Waals surface area contributed by atoms with E-state index in [-0.39, 0.29) is 40.5 Å². The normalized spacial score (nSPS) is 10.9. The van der Waals surface area contributed by atoms with Gasteiger partial charge in [-0.25, -0.2) is 0 Å². The van der Waals surface area contributed by atoms with E-state index in [1.54, 1.807) is 24.3 Å². The predicted octanol–water partition coefficient (Wildman–Crippen LogP) is 3.70. The van der Waals surface area contributed by atoms with Gasteiger partial charge in [0.05, 0.1) is 18.0 Å². The monoisotopic (exact) mass is 421 g/mol. The van der Waals surface area contributed by atoms with Gasteiger partial charge in [0, 0.05) is 24.7 Å². The number of ether oxygens (including phenoxy) is 2. The molecule has 0 radical (unpaired) electrons. The first-order valence-electron chi connectivity index (χ1n) is 8.53. The SMILES string of the molecule is COc1ccc(NC(=O)CCn2c(=S)[nH]c3ccccc3c2=O)cc1OC(F)F. The minimum Gasteiger partial charge on any atom is -0.493 e. The van der Waals surface area contributed by atoms with Crippen LogP contribution in [0.2, 0.25) is 0 Å². The summed E-state index contributed by atoms with van der Waals surface area (Å²) in [5.74, 6) is -0.515. The number of aromatic nitrogens is 2. The molecule has 29 heavy (non-hydrogen) atoms. The van der Waals surface area contributed by atoms with Gasteiger partial charge in [0.25, 0.3) is 5.56 Å². The molecule has 0 aliphatic heterocycles. The molecule has 0 saturated carbocycles. The molecule has 3 aromatic rings. The summed E-state index contributed by atoms with van der Waals surface area (Å²) in [4.78, 5) is 27.8. The molecule has 1 amide bonds.